The number of imide groups is 1. The van der Waals surface area contributed by atoms with E-state index in [9.17, 15) is 62.7 Å². The van der Waals surface area contributed by atoms with E-state index in [0.717, 1.165) is 24.0 Å². The number of hydrogen-bond donors (Lipinski definition) is 0. The summed E-state index contributed by atoms with van der Waals surface area (Å²) in [5, 5.41) is 0. The first-order valence-electron chi connectivity index (χ1n) is 16.6. The molecule has 7 atom stereocenters. The highest BCUT2D eigenvalue weighted by atomic mass is 19.4. The Morgan fingerprint density at radius 2 is 1.35 bits per heavy atom. The quantitative estimate of drug-likeness (QED) is 0.0586. The van der Waals surface area contributed by atoms with Crippen LogP contribution in [0.3, 0.4) is 0 Å². The molecular weight excluding hydrogens is 777 g/mol. The first-order chi connectivity index (χ1) is 25.3. The van der Waals surface area contributed by atoms with Crippen molar-refractivity contribution in [3.05, 3.63) is 66.5 Å². The second kappa shape index (κ2) is 15.8. The maximum atomic E-state index is 15.5. The predicted molar refractivity (Wildman–Crippen MR) is 165 cm³/mol. The number of carbonyl (C=O) groups is 3. The number of rotatable bonds is 15. The molecule has 1 aromatic rings. The molecule has 2 saturated heterocycles. The molecule has 2 amide bonds. The summed E-state index contributed by atoms with van der Waals surface area (Å²) >= 11 is 0. The lowest BCUT2D eigenvalue weighted by Gasteiger charge is -2.42. The fraction of sp³-hybridized carbons (Fsp3) is 0.571. The average Bonchev–Trinajstić information content (AvgIpc) is 3.75. The maximum Gasteiger partial charge on any atom is 0.460 e. The molecule has 5 unspecified atom stereocenters. The van der Waals surface area contributed by atoms with Crippen LogP contribution in [-0.4, -0.2) is 90.4 Å². The molecule has 0 aromatic heterocycles. The molecule has 1 aromatic carbocycles. The topological polar surface area (TPSA) is 82.1 Å². The highest BCUT2D eigenvalue weighted by Crippen LogP contribution is 2.63. The molecular formula is C35H34F13NO6. The van der Waals surface area contributed by atoms with E-state index < -0.39 is 108 Å². The summed E-state index contributed by atoms with van der Waals surface area (Å²) in [4.78, 5) is 38.9. The maximum absolute atomic E-state index is 15.5. The van der Waals surface area contributed by atoms with Crippen molar-refractivity contribution in [1.29, 1.82) is 0 Å². The van der Waals surface area contributed by atoms with Crippen LogP contribution in [0.1, 0.15) is 32.3 Å². The Morgan fingerprint density at radius 1 is 0.782 bits per heavy atom. The molecule has 0 radical (unpaired) electrons. The molecule has 2 aliphatic heterocycles. The molecule has 0 bridgehead atoms. The zero-order chi connectivity index (χ0) is 41.4. The number of hydrogen-bond acceptors (Lipinski definition) is 6. The summed E-state index contributed by atoms with van der Waals surface area (Å²) in [5.74, 6) is -48.5. The Bertz CT molecular complexity index is 1650. The smallest absolute Gasteiger partial charge is 0.460 e. The van der Waals surface area contributed by atoms with Gasteiger partial charge in [-0.25, -0.2) is 0 Å². The van der Waals surface area contributed by atoms with E-state index in [4.69, 9.17) is 14.2 Å². The third kappa shape index (κ3) is 7.96. The summed E-state index contributed by atoms with van der Waals surface area (Å²) < 4.78 is 198. The van der Waals surface area contributed by atoms with Crippen LogP contribution >= 0.6 is 0 Å². The number of benzene rings is 1. The van der Waals surface area contributed by atoms with Gasteiger partial charge >= 0.3 is 41.8 Å². The van der Waals surface area contributed by atoms with E-state index in [0.29, 0.717) is 17.9 Å². The van der Waals surface area contributed by atoms with Gasteiger partial charge in [0.05, 0.1) is 43.5 Å². The number of carbonyl (C=O) groups excluding carboxylic acids is 3. The molecule has 0 N–H and O–H groups in total. The van der Waals surface area contributed by atoms with Gasteiger partial charge in [0.2, 0.25) is 11.8 Å². The van der Waals surface area contributed by atoms with Crippen LogP contribution in [0.25, 0.3) is 6.08 Å². The molecule has 1 saturated carbocycles. The largest absolute Gasteiger partial charge is 0.502 e. The van der Waals surface area contributed by atoms with Gasteiger partial charge in [0.15, 0.2) is 0 Å². The van der Waals surface area contributed by atoms with Gasteiger partial charge in [-0.15, -0.1) is 0 Å². The summed E-state index contributed by atoms with van der Waals surface area (Å²) in [6.07, 6.45) is -5.06. The van der Waals surface area contributed by atoms with Gasteiger partial charge in [-0.05, 0) is 43.2 Å². The van der Waals surface area contributed by atoms with Crippen LogP contribution in [-0.2, 0) is 28.6 Å². The predicted octanol–water partition coefficient (Wildman–Crippen LogP) is 8.12. The van der Waals surface area contributed by atoms with E-state index in [-0.39, 0.29) is 19.8 Å². The Hall–Kier alpha value is -4.10. The van der Waals surface area contributed by atoms with Crippen molar-refractivity contribution in [1.82, 2.24) is 4.90 Å². The van der Waals surface area contributed by atoms with Gasteiger partial charge in [-0.3, -0.25) is 19.3 Å². The highest BCUT2D eigenvalue weighted by Gasteiger charge is 2.91. The van der Waals surface area contributed by atoms with Crippen LogP contribution in [0.15, 0.2) is 60.9 Å². The molecule has 3 fully saturated rings. The minimum Gasteiger partial charge on any atom is -0.502 e. The fourth-order valence-electron chi connectivity index (χ4n) is 6.85. The number of alkyl halides is 13. The standard InChI is InChI=1S/C35H34F13NO6/c1-3-53-15-13-22-17-21(18-23(22)30(36,37)31(38,39)32(40,41)33(42,43)34(44,45)35(46,47)48)10-12-25-27-26(24(55-25)11-9-20-7-5-4-6-8-20)28(51)49(29(27)52)14-16-54-19(2)50/h4-13,15,21-27H,3,14,16-18H2,1-2H3/b11-9-,12-10+,15-13-/t21?,22?,23?,24?,25?,26-,27+/m0/s1. The van der Waals surface area contributed by atoms with Crippen LogP contribution in [0.5, 0.6) is 0 Å². The van der Waals surface area contributed by atoms with Crippen molar-refractivity contribution in [3.63, 3.8) is 0 Å². The molecule has 7 nitrogen and oxygen atoms in total. The van der Waals surface area contributed by atoms with Crippen molar-refractivity contribution in [2.24, 2.45) is 29.6 Å². The van der Waals surface area contributed by atoms with E-state index in [2.05, 4.69) is 0 Å². The number of halogens is 13. The SMILES string of the molecule is CCO/C=C\C1CC(/C=C/C2OC(/C=C\c3ccccc3)[C@@H]3C(=O)N(CCOC(C)=O)C(=O)[C@H]23)CC1C(F)(F)C(F)(F)C(F)(F)C(F)(F)C(F)(F)C(F)(F)F. The zero-order valence-corrected chi connectivity index (χ0v) is 28.7. The summed E-state index contributed by atoms with van der Waals surface area (Å²) in [6, 6.07) is 8.56. The van der Waals surface area contributed by atoms with Gasteiger partial charge < -0.3 is 14.2 Å². The second-order valence-electron chi connectivity index (χ2n) is 13.1. The second-order valence-corrected chi connectivity index (χ2v) is 13.1. The number of amides is 2. The number of fused-ring (bicyclic) bond motifs is 1. The minimum absolute atomic E-state index is 0.118. The molecule has 2 heterocycles. The van der Waals surface area contributed by atoms with E-state index in [1.165, 1.54) is 13.0 Å². The first-order valence-corrected chi connectivity index (χ1v) is 16.6. The van der Waals surface area contributed by atoms with Gasteiger partial charge in [0.25, 0.3) is 0 Å². The fourth-order valence-corrected chi connectivity index (χ4v) is 6.85. The summed E-state index contributed by atoms with van der Waals surface area (Å²) in [5.41, 5.74) is 0.663. The number of esters is 1. The Labute approximate surface area is 305 Å². The van der Waals surface area contributed by atoms with Crippen molar-refractivity contribution in [2.45, 2.75) is 74.7 Å². The molecule has 306 valence electrons. The molecule has 4 rings (SSSR count). The number of allylic oxidation sites excluding steroid dienone is 2. The van der Waals surface area contributed by atoms with Crippen molar-refractivity contribution >= 4 is 23.9 Å². The van der Waals surface area contributed by atoms with E-state index in [1.54, 1.807) is 36.4 Å². The lowest BCUT2D eigenvalue weighted by atomic mass is 9.82. The Morgan fingerprint density at radius 3 is 1.89 bits per heavy atom. The third-order valence-electron chi connectivity index (χ3n) is 9.64. The van der Waals surface area contributed by atoms with Crippen molar-refractivity contribution in [2.75, 3.05) is 19.8 Å². The minimum atomic E-state index is -8.03. The Balaban J connectivity index is 1.65. The van der Waals surface area contributed by atoms with Crippen molar-refractivity contribution < 1.29 is 85.7 Å². The van der Waals surface area contributed by atoms with Gasteiger partial charge in [0, 0.05) is 12.8 Å². The van der Waals surface area contributed by atoms with Gasteiger partial charge in [0.1, 0.15) is 6.61 Å². The number of nitrogens with zero attached hydrogens (tertiary/aromatic N) is 1. The first kappa shape index (κ1) is 43.6. The molecule has 1 aliphatic carbocycles. The van der Waals surface area contributed by atoms with E-state index >= 15 is 8.78 Å². The lowest BCUT2D eigenvalue weighted by Crippen LogP contribution is -2.71. The van der Waals surface area contributed by atoms with Gasteiger partial charge in [-0.2, -0.15) is 57.1 Å². The normalized spacial score (nSPS) is 27.3. The summed E-state index contributed by atoms with van der Waals surface area (Å²) in [7, 11) is 0. The van der Waals surface area contributed by atoms with Crippen LogP contribution in [0.4, 0.5) is 57.1 Å². The molecule has 3 aliphatic rings. The van der Waals surface area contributed by atoms with E-state index in [1.807, 2.05) is 0 Å². The van der Waals surface area contributed by atoms with Crippen molar-refractivity contribution in [3.8, 4) is 0 Å². The van der Waals surface area contributed by atoms with Gasteiger partial charge in [-0.1, -0.05) is 54.6 Å². The zero-order valence-electron chi connectivity index (χ0n) is 28.7. The Kier molecular flexibility index (Phi) is 12.5. The third-order valence-corrected chi connectivity index (χ3v) is 9.64. The van der Waals surface area contributed by atoms with Crippen LogP contribution in [0.2, 0.25) is 0 Å². The molecule has 55 heavy (non-hydrogen) atoms. The molecule has 0 spiro atoms. The monoisotopic (exact) mass is 811 g/mol. The highest BCUT2D eigenvalue weighted by molar-refractivity contribution is 6.06. The molecule has 20 heteroatoms. The lowest BCUT2D eigenvalue weighted by molar-refractivity contribution is -0.443. The number of ether oxygens (including phenoxy) is 3. The number of likely N-dealkylation sites (tertiary alicyclic amines) is 1. The van der Waals surface area contributed by atoms with Crippen LogP contribution < -0.4 is 0 Å². The average molecular weight is 812 g/mol. The van der Waals surface area contributed by atoms with Crippen LogP contribution in [0, 0.1) is 29.6 Å². The summed E-state index contributed by atoms with van der Waals surface area (Å²) in [6.45, 7) is 1.69.